The van der Waals surface area contributed by atoms with Crippen molar-refractivity contribution in [3.05, 3.63) is 23.0 Å². The van der Waals surface area contributed by atoms with Gasteiger partial charge in [0.2, 0.25) is 0 Å². The van der Waals surface area contributed by atoms with E-state index < -0.39 is 0 Å². The second-order valence-corrected chi connectivity index (χ2v) is 3.63. The van der Waals surface area contributed by atoms with Gasteiger partial charge in [0.1, 0.15) is 5.75 Å². The zero-order valence-electron chi connectivity index (χ0n) is 8.82. The van der Waals surface area contributed by atoms with Crippen molar-refractivity contribution >= 4 is 17.3 Å². The number of hydrogen-bond acceptors (Lipinski definition) is 5. The molecule has 1 aromatic heterocycles. The molecule has 0 saturated carbocycles. The Morgan fingerprint density at radius 3 is 2.75 bits per heavy atom. The third-order valence-corrected chi connectivity index (χ3v) is 2.40. The summed E-state index contributed by atoms with van der Waals surface area (Å²) in [6.45, 7) is 1.73. The van der Waals surface area contributed by atoms with Crippen molar-refractivity contribution in [1.29, 1.82) is 0 Å². The molecule has 0 aliphatic carbocycles. The molecule has 2 aromatic rings. The van der Waals surface area contributed by atoms with Crippen molar-refractivity contribution < 1.29 is 9.26 Å². The third-order valence-electron chi connectivity index (χ3n) is 2.08. The van der Waals surface area contributed by atoms with Crippen LogP contribution in [0.3, 0.4) is 0 Å². The fraction of sp³-hybridized carbons (Fsp3) is 0.200. The Balaban J connectivity index is 2.59. The summed E-state index contributed by atoms with van der Waals surface area (Å²) in [5.41, 5.74) is 6.74. The van der Waals surface area contributed by atoms with E-state index in [2.05, 4.69) is 10.1 Å². The predicted octanol–water partition coefficient (Wildman–Crippen LogP) is 2.29. The first kappa shape index (κ1) is 10.8. The molecule has 6 heteroatoms. The molecular weight excluding hydrogens is 230 g/mol. The van der Waals surface area contributed by atoms with E-state index in [1.54, 1.807) is 19.1 Å². The van der Waals surface area contributed by atoms with Gasteiger partial charge in [-0.1, -0.05) is 16.8 Å². The molecule has 2 N–H and O–H groups in total. The van der Waals surface area contributed by atoms with Crippen LogP contribution in [0.5, 0.6) is 5.75 Å². The highest BCUT2D eigenvalue weighted by Gasteiger charge is 2.14. The topological polar surface area (TPSA) is 74.2 Å². The predicted molar refractivity (Wildman–Crippen MR) is 60.4 cm³/mol. The summed E-state index contributed by atoms with van der Waals surface area (Å²) in [6, 6.07) is 3.26. The van der Waals surface area contributed by atoms with E-state index in [9.17, 15) is 0 Å². The van der Waals surface area contributed by atoms with Gasteiger partial charge in [-0.05, 0) is 13.0 Å². The zero-order chi connectivity index (χ0) is 11.7. The van der Waals surface area contributed by atoms with Gasteiger partial charge in [0.15, 0.2) is 5.82 Å². The molecule has 5 nitrogen and oxygen atoms in total. The Labute approximate surface area is 97.2 Å². The van der Waals surface area contributed by atoms with Gasteiger partial charge in [0, 0.05) is 6.07 Å². The number of nitrogens with two attached hydrogens (primary N) is 1. The number of methoxy groups -OCH3 is 1. The normalized spacial score (nSPS) is 10.4. The molecule has 16 heavy (non-hydrogen) atoms. The minimum Gasteiger partial charge on any atom is -0.496 e. The summed E-state index contributed by atoms with van der Waals surface area (Å²) in [5, 5.41) is 4.13. The first-order valence-corrected chi connectivity index (χ1v) is 4.93. The Bertz CT molecular complexity index is 525. The molecule has 2 rings (SSSR count). The number of aromatic nitrogens is 2. The summed E-state index contributed by atoms with van der Waals surface area (Å²) in [7, 11) is 1.54. The number of nitrogen functional groups attached to an aromatic ring is 1. The van der Waals surface area contributed by atoms with E-state index in [0.717, 1.165) is 0 Å². The molecule has 0 amide bonds. The van der Waals surface area contributed by atoms with E-state index in [0.29, 0.717) is 33.7 Å². The maximum Gasteiger partial charge on any atom is 0.261 e. The molecule has 0 atom stereocenters. The summed E-state index contributed by atoms with van der Waals surface area (Å²) in [4.78, 5) is 4.10. The van der Waals surface area contributed by atoms with Crippen LogP contribution in [-0.2, 0) is 0 Å². The molecule has 84 valence electrons. The Hall–Kier alpha value is -1.75. The minimum absolute atomic E-state index is 0.358. The number of ether oxygens (including phenoxy) is 1. The van der Waals surface area contributed by atoms with Crippen LogP contribution in [-0.4, -0.2) is 17.3 Å². The van der Waals surface area contributed by atoms with E-state index >= 15 is 0 Å². The first-order valence-electron chi connectivity index (χ1n) is 4.55. The van der Waals surface area contributed by atoms with Crippen molar-refractivity contribution in [2.24, 2.45) is 0 Å². The molecule has 0 radical (unpaired) electrons. The number of nitrogens with zero attached hydrogens (tertiary/aromatic N) is 2. The molecule has 0 saturated heterocycles. The highest BCUT2D eigenvalue weighted by atomic mass is 35.5. The number of anilines is 1. The Morgan fingerprint density at radius 2 is 2.19 bits per heavy atom. The van der Waals surface area contributed by atoms with Crippen LogP contribution < -0.4 is 10.5 Å². The van der Waals surface area contributed by atoms with Crippen LogP contribution in [0.1, 0.15) is 5.82 Å². The quantitative estimate of drug-likeness (QED) is 0.814. The maximum absolute atomic E-state index is 5.93. The molecule has 0 fully saturated rings. The molecule has 0 unspecified atom stereocenters. The van der Waals surface area contributed by atoms with E-state index in [-0.39, 0.29) is 0 Å². The van der Waals surface area contributed by atoms with Crippen molar-refractivity contribution in [1.82, 2.24) is 10.1 Å². The van der Waals surface area contributed by atoms with Gasteiger partial charge in [0.25, 0.3) is 5.89 Å². The molecule has 0 bridgehead atoms. The molecular formula is C10H10ClN3O2. The van der Waals surface area contributed by atoms with Gasteiger partial charge in [-0.15, -0.1) is 0 Å². The fourth-order valence-electron chi connectivity index (χ4n) is 1.31. The number of aryl methyl sites for hydroxylation is 1. The van der Waals surface area contributed by atoms with Crippen molar-refractivity contribution in [2.45, 2.75) is 6.92 Å². The standard InChI is InChI=1S/C10H10ClN3O2/c1-5-13-10(16-14-5)6-3-7(11)8(12)4-9(6)15-2/h3-4H,12H2,1-2H3. The van der Waals surface area contributed by atoms with Gasteiger partial charge in [-0.25, -0.2) is 0 Å². The lowest BCUT2D eigenvalue weighted by Gasteiger charge is -2.07. The van der Waals surface area contributed by atoms with Gasteiger partial charge in [-0.2, -0.15) is 4.98 Å². The molecule has 1 aromatic carbocycles. The lowest BCUT2D eigenvalue weighted by atomic mass is 10.2. The van der Waals surface area contributed by atoms with Crippen LogP contribution in [0.4, 0.5) is 5.69 Å². The number of rotatable bonds is 2. The second kappa shape index (κ2) is 4.02. The van der Waals surface area contributed by atoms with Crippen LogP contribution >= 0.6 is 11.6 Å². The van der Waals surface area contributed by atoms with Crippen molar-refractivity contribution in [3.8, 4) is 17.2 Å². The number of benzene rings is 1. The highest BCUT2D eigenvalue weighted by molar-refractivity contribution is 6.33. The van der Waals surface area contributed by atoms with Crippen molar-refractivity contribution in [3.63, 3.8) is 0 Å². The number of hydrogen-bond donors (Lipinski definition) is 1. The van der Waals surface area contributed by atoms with Crippen LogP contribution in [0.15, 0.2) is 16.7 Å². The Morgan fingerprint density at radius 1 is 1.44 bits per heavy atom. The Kier molecular flexibility index (Phi) is 2.70. The fourth-order valence-corrected chi connectivity index (χ4v) is 1.48. The van der Waals surface area contributed by atoms with Gasteiger partial charge >= 0.3 is 0 Å². The largest absolute Gasteiger partial charge is 0.496 e. The summed E-state index contributed by atoms with van der Waals surface area (Å²) in [6.07, 6.45) is 0. The zero-order valence-corrected chi connectivity index (χ0v) is 9.58. The van der Waals surface area contributed by atoms with E-state index in [1.807, 2.05) is 0 Å². The van der Waals surface area contributed by atoms with Crippen LogP contribution in [0.2, 0.25) is 5.02 Å². The van der Waals surface area contributed by atoms with Gasteiger partial charge in [-0.3, -0.25) is 0 Å². The van der Waals surface area contributed by atoms with Crippen LogP contribution in [0, 0.1) is 6.92 Å². The second-order valence-electron chi connectivity index (χ2n) is 3.22. The molecule has 0 aliphatic heterocycles. The van der Waals surface area contributed by atoms with Crippen molar-refractivity contribution in [2.75, 3.05) is 12.8 Å². The lowest BCUT2D eigenvalue weighted by molar-refractivity contribution is 0.404. The molecule has 0 aliphatic rings. The van der Waals surface area contributed by atoms with Gasteiger partial charge in [0.05, 0.1) is 23.4 Å². The smallest absolute Gasteiger partial charge is 0.261 e. The lowest BCUT2D eigenvalue weighted by Crippen LogP contribution is -1.93. The van der Waals surface area contributed by atoms with E-state index in [4.69, 9.17) is 26.6 Å². The van der Waals surface area contributed by atoms with Gasteiger partial charge < -0.3 is 15.0 Å². The highest BCUT2D eigenvalue weighted by Crippen LogP contribution is 2.35. The van der Waals surface area contributed by atoms with Crippen LogP contribution in [0.25, 0.3) is 11.5 Å². The summed E-state index contributed by atoms with van der Waals surface area (Å²) in [5.74, 6) is 1.45. The average Bonchev–Trinajstić information content (AvgIpc) is 2.68. The summed E-state index contributed by atoms with van der Waals surface area (Å²) < 4.78 is 10.2. The third kappa shape index (κ3) is 1.81. The summed E-state index contributed by atoms with van der Waals surface area (Å²) >= 11 is 5.93. The first-order chi connectivity index (χ1) is 7.61. The SMILES string of the molecule is COc1cc(N)c(Cl)cc1-c1nc(C)no1. The number of halogens is 1. The average molecular weight is 240 g/mol. The molecule has 1 heterocycles. The minimum atomic E-state index is 0.358. The maximum atomic E-state index is 5.93. The molecule has 0 spiro atoms. The monoisotopic (exact) mass is 239 g/mol. The van der Waals surface area contributed by atoms with E-state index in [1.165, 1.54) is 7.11 Å².